The van der Waals surface area contributed by atoms with Gasteiger partial charge in [0.2, 0.25) is 0 Å². The highest BCUT2D eigenvalue weighted by Crippen LogP contribution is 2.26. The van der Waals surface area contributed by atoms with Crippen molar-refractivity contribution in [3.8, 4) is 0 Å². The van der Waals surface area contributed by atoms with E-state index in [9.17, 15) is 24.1 Å². The van der Waals surface area contributed by atoms with Crippen molar-refractivity contribution in [1.29, 1.82) is 0 Å². The quantitative estimate of drug-likeness (QED) is 0.639. The molecule has 1 aromatic carbocycles. The number of hydrogen-bond donors (Lipinski definition) is 1. The van der Waals surface area contributed by atoms with Gasteiger partial charge in [0.05, 0.1) is 4.92 Å². The van der Waals surface area contributed by atoms with Crippen LogP contribution in [0.4, 0.5) is 10.1 Å². The van der Waals surface area contributed by atoms with Gasteiger partial charge >= 0.3 is 5.97 Å². The van der Waals surface area contributed by atoms with Crippen LogP contribution in [0, 0.1) is 22.9 Å². The molecule has 8 heteroatoms. The summed E-state index contributed by atoms with van der Waals surface area (Å²) in [6, 6.07) is 1.72. The highest BCUT2D eigenvalue weighted by atomic mass is 19.1. The molecule has 0 saturated carbocycles. The molecular weight excluding hydrogens is 283 g/mol. The largest absolute Gasteiger partial charge is 0.480 e. The maximum absolute atomic E-state index is 13.4. The second-order valence-corrected chi connectivity index (χ2v) is 4.50. The summed E-state index contributed by atoms with van der Waals surface area (Å²) in [6.07, 6.45) is 0.473. The Balaban J connectivity index is 3.32. The Labute approximate surface area is 120 Å². The van der Waals surface area contributed by atoms with Gasteiger partial charge < -0.3 is 10.0 Å². The van der Waals surface area contributed by atoms with Gasteiger partial charge in [0.15, 0.2) is 0 Å². The highest BCUT2D eigenvalue weighted by molar-refractivity contribution is 5.99. The van der Waals surface area contributed by atoms with Gasteiger partial charge in [-0.15, -0.1) is 0 Å². The highest BCUT2D eigenvalue weighted by Gasteiger charge is 2.28. The molecule has 0 aliphatic rings. The first-order valence-corrected chi connectivity index (χ1v) is 6.23. The van der Waals surface area contributed by atoms with Crippen molar-refractivity contribution in [2.75, 3.05) is 13.1 Å². The summed E-state index contributed by atoms with van der Waals surface area (Å²) in [6.45, 7) is 2.56. The van der Waals surface area contributed by atoms with E-state index in [1.807, 2.05) is 0 Å². The summed E-state index contributed by atoms with van der Waals surface area (Å²) in [5.74, 6) is -2.89. The van der Waals surface area contributed by atoms with Crippen LogP contribution >= 0.6 is 0 Å². The lowest BCUT2D eigenvalue weighted by Gasteiger charge is -2.20. The number of carboxylic acid groups (broad SMARTS) is 1. The topological polar surface area (TPSA) is 101 Å². The molecule has 1 amide bonds. The average molecular weight is 298 g/mol. The Morgan fingerprint density at radius 3 is 2.52 bits per heavy atom. The molecule has 114 valence electrons. The third-order valence-corrected chi connectivity index (χ3v) is 2.79. The SMILES string of the molecule is CCCN(CC(=O)O)C(=O)c1cc(F)cc(C)c1[N+](=O)[O-]. The van der Waals surface area contributed by atoms with Gasteiger partial charge in [-0.2, -0.15) is 0 Å². The van der Waals surface area contributed by atoms with Crippen LogP contribution in [0.1, 0.15) is 29.3 Å². The van der Waals surface area contributed by atoms with E-state index in [1.54, 1.807) is 6.92 Å². The fraction of sp³-hybridized carbons (Fsp3) is 0.385. The molecular formula is C13H15FN2O5. The molecule has 0 bridgehead atoms. The number of rotatable bonds is 6. The second-order valence-electron chi connectivity index (χ2n) is 4.50. The Morgan fingerprint density at radius 2 is 2.05 bits per heavy atom. The van der Waals surface area contributed by atoms with Crippen LogP contribution in [0.15, 0.2) is 12.1 Å². The minimum Gasteiger partial charge on any atom is -0.480 e. The van der Waals surface area contributed by atoms with Gasteiger partial charge in [0.1, 0.15) is 17.9 Å². The molecule has 0 aliphatic carbocycles. The number of hydrogen-bond acceptors (Lipinski definition) is 4. The first-order chi connectivity index (χ1) is 9.77. The molecule has 0 unspecified atom stereocenters. The molecule has 7 nitrogen and oxygen atoms in total. The number of carbonyl (C=O) groups excluding carboxylic acids is 1. The van der Waals surface area contributed by atoms with Gasteiger partial charge in [-0.05, 0) is 25.5 Å². The minimum atomic E-state index is -1.24. The molecule has 0 aliphatic heterocycles. The van der Waals surface area contributed by atoms with Gasteiger partial charge in [-0.1, -0.05) is 6.92 Å². The molecule has 0 saturated heterocycles. The summed E-state index contributed by atoms with van der Waals surface area (Å²) < 4.78 is 13.4. The predicted octanol–water partition coefficient (Wildman–Crippen LogP) is 1.98. The van der Waals surface area contributed by atoms with Crippen LogP contribution < -0.4 is 0 Å². The molecule has 0 aromatic heterocycles. The van der Waals surface area contributed by atoms with Gasteiger partial charge in [-0.25, -0.2) is 4.39 Å². The van der Waals surface area contributed by atoms with E-state index in [4.69, 9.17) is 5.11 Å². The molecule has 1 rings (SSSR count). The van der Waals surface area contributed by atoms with Crippen LogP contribution in [0.25, 0.3) is 0 Å². The Kier molecular flexibility index (Phi) is 5.34. The minimum absolute atomic E-state index is 0.00937. The number of nitrogens with zero attached hydrogens (tertiary/aromatic N) is 2. The fourth-order valence-corrected chi connectivity index (χ4v) is 2.00. The zero-order valence-corrected chi connectivity index (χ0v) is 11.6. The van der Waals surface area contributed by atoms with Crippen LogP contribution in [-0.4, -0.2) is 39.9 Å². The van der Waals surface area contributed by atoms with Crippen molar-refractivity contribution in [3.05, 3.63) is 39.2 Å². The van der Waals surface area contributed by atoms with Crippen LogP contribution in [0.5, 0.6) is 0 Å². The van der Waals surface area contributed by atoms with E-state index in [0.29, 0.717) is 6.42 Å². The lowest BCUT2D eigenvalue weighted by molar-refractivity contribution is -0.385. The number of halogens is 1. The molecule has 0 atom stereocenters. The number of amides is 1. The van der Waals surface area contributed by atoms with Gasteiger partial charge in [-0.3, -0.25) is 19.7 Å². The van der Waals surface area contributed by atoms with E-state index in [1.165, 1.54) is 6.92 Å². The molecule has 21 heavy (non-hydrogen) atoms. The van der Waals surface area contributed by atoms with Crippen LogP contribution in [0.3, 0.4) is 0 Å². The van der Waals surface area contributed by atoms with Crippen LogP contribution in [0.2, 0.25) is 0 Å². The van der Waals surface area contributed by atoms with E-state index >= 15 is 0 Å². The maximum Gasteiger partial charge on any atom is 0.323 e. The Morgan fingerprint density at radius 1 is 1.43 bits per heavy atom. The standard InChI is InChI=1S/C13H15FN2O5/c1-3-4-15(7-11(17)18)13(19)10-6-9(14)5-8(2)12(10)16(20)21/h5-6H,3-4,7H2,1-2H3,(H,17,18). The molecule has 0 radical (unpaired) electrons. The average Bonchev–Trinajstić information content (AvgIpc) is 2.35. The number of nitro benzene ring substituents is 1. The third kappa shape index (κ3) is 3.98. The number of nitro groups is 1. The summed E-state index contributed by atoms with van der Waals surface area (Å²) in [5, 5.41) is 19.8. The van der Waals surface area contributed by atoms with Gasteiger partial charge in [0.25, 0.3) is 11.6 Å². The third-order valence-electron chi connectivity index (χ3n) is 2.79. The lowest BCUT2D eigenvalue weighted by atomic mass is 10.1. The van der Waals surface area contributed by atoms with Crippen molar-refractivity contribution in [2.24, 2.45) is 0 Å². The predicted molar refractivity (Wildman–Crippen MR) is 71.6 cm³/mol. The molecule has 0 fully saturated rings. The molecule has 1 N–H and O–H groups in total. The second kappa shape index (κ2) is 6.78. The summed E-state index contributed by atoms with van der Waals surface area (Å²) in [5.41, 5.74) is -0.935. The van der Waals surface area contributed by atoms with E-state index in [2.05, 4.69) is 0 Å². The van der Waals surface area contributed by atoms with Gasteiger partial charge in [0, 0.05) is 12.1 Å². The number of benzene rings is 1. The normalized spacial score (nSPS) is 10.2. The number of carbonyl (C=O) groups is 2. The smallest absolute Gasteiger partial charge is 0.323 e. The summed E-state index contributed by atoms with van der Waals surface area (Å²) in [4.78, 5) is 34.3. The first-order valence-electron chi connectivity index (χ1n) is 6.23. The van der Waals surface area contributed by atoms with Crippen LogP contribution in [-0.2, 0) is 4.79 Å². The fourth-order valence-electron chi connectivity index (χ4n) is 2.00. The van der Waals surface area contributed by atoms with E-state index in [-0.39, 0.29) is 12.1 Å². The zero-order valence-electron chi connectivity index (χ0n) is 11.6. The lowest BCUT2D eigenvalue weighted by Crippen LogP contribution is -2.36. The van der Waals surface area contributed by atoms with E-state index < -0.39 is 40.4 Å². The molecule has 1 aromatic rings. The zero-order chi connectivity index (χ0) is 16.2. The van der Waals surface area contributed by atoms with Crippen molar-refractivity contribution in [2.45, 2.75) is 20.3 Å². The maximum atomic E-state index is 13.4. The number of aryl methyl sites for hydroxylation is 1. The Hall–Kier alpha value is -2.51. The van der Waals surface area contributed by atoms with Crippen molar-refractivity contribution >= 4 is 17.6 Å². The summed E-state index contributed by atoms with van der Waals surface area (Å²) in [7, 11) is 0. The monoisotopic (exact) mass is 298 g/mol. The first kappa shape index (κ1) is 16.5. The van der Waals surface area contributed by atoms with Crippen molar-refractivity contribution in [3.63, 3.8) is 0 Å². The van der Waals surface area contributed by atoms with Crippen molar-refractivity contribution < 1.29 is 24.0 Å². The molecule has 0 heterocycles. The number of carboxylic acids is 1. The van der Waals surface area contributed by atoms with E-state index in [0.717, 1.165) is 17.0 Å². The molecule has 0 spiro atoms. The van der Waals surface area contributed by atoms with Crippen molar-refractivity contribution in [1.82, 2.24) is 4.90 Å². The Bertz CT molecular complexity index is 588. The summed E-state index contributed by atoms with van der Waals surface area (Å²) >= 11 is 0. The number of aliphatic carboxylic acids is 1.